The minimum atomic E-state index is -3.90. The van der Waals surface area contributed by atoms with Crippen LogP contribution in [0.5, 0.6) is 0 Å². The molecule has 0 atom stereocenters. The van der Waals surface area contributed by atoms with Crippen molar-refractivity contribution in [3.63, 3.8) is 0 Å². The number of nitrogens with one attached hydrogen (secondary N) is 1. The van der Waals surface area contributed by atoms with Gasteiger partial charge in [-0.25, -0.2) is 8.42 Å². The zero-order valence-electron chi connectivity index (χ0n) is 16.2. The molecule has 0 radical (unpaired) electrons. The largest absolute Gasteiger partial charge is 0.325 e. The molecule has 3 rings (SSSR count). The monoisotopic (exact) mass is 462 g/mol. The van der Waals surface area contributed by atoms with Crippen LogP contribution >= 0.6 is 23.2 Å². The van der Waals surface area contributed by atoms with Crippen LogP contribution in [-0.4, -0.2) is 25.2 Å². The van der Waals surface area contributed by atoms with Gasteiger partial charge in [-0.2, -0.15) is 4.31 Å². The maximum atomic E-state index is 13.2. The van der Waals surface area contributed by atoms with E-state index in [4.69, 9.17) is 23.2 Å². The molecule has 0 spiro atoms. The van der Waals surface area contributed by atoms with E-state index in [-0.39, 0.29) is 18.0 Å². The van der Waals surface area contributed by atoms with Crippen molar-refractivity contribution in [2.75, 3.05) is 11.9 Å². The normalized spacial score (nSPS) is 11.5. The SMILES string of the molecule is Cc1ccc(S(=O)(=O)N(CC(=O)Nc2cc(Cl)cc(Cl)c2)Cc2ccccc2)cc1. The number of carbonyl (C=O) groups excluding carboxylic acids is 1. The first kappa shape index (κ1) is 22.3. The molecule has 0 saturated carbocycles. The van der Waals surface area contributed by atoms with Crippen molar-refractivity contribution in [1.82, 2.24) is 4.31 Å². The summed E-state index contributed by atoms with van der Waals surface area (Å²) in [6.45, 7) is 1.57. The molecule has 3 aromatic carbocycles. The lowest BCUT2D eigenvalue weighted by atomic mass is 10.2. The number of amides is 1. The van der Waals surface area contributed by atoms with Gasteiger partial charge in [0.1, 0.15) is 0 Å². The second-order valence-corrected chi connectivity index (χ2v) is 9.59. The molecule has 0 fully saturated rings. The van der Waals surface area contributed by atoms with E-state index in [2.05, 4.69) is 5.32 Å². The van der Waals surface area contributed by atoms with E-state index in [1.54, 1.807) is 30.3 Å². The molecule has 0 aliphatic rings. The number of hydrogen-bond acceptors (Lipinski definition) is 3. The molecule has 1 N–H and O–H groups in total. The Hall–Kier alpha value is -2.38. The average molecular weight is 463 g/mol. The van der Waals surface area contributed by atoms with Gasteiger partial charge in [0.15, 0.2) is 0 Å². The molecule has 8 heteroatoms. The van der Waals surface area contributed by atoms with Crippen molar-refractivity contribution in [2.45, 2.75) is 18.4 Å². The van der Waals surface area contributed by atoms with Crippen LogP contribution in [0.1, 0.15) is 11.1 Å². The molecule has 3 aromatic rings. The van der Waals surface area contributed by atoms with Gasteiger partial charge < -0.3 is 5.32 Å². The number of carbonyl (C=O) groups is 1. The predicted octanol–water partition coefficient (Wildman–Crippen LogP) is 5.13. The standard InChI is InChI=1S/C22H20Cl2N2O3S/c1-16-7-9-21(10-8-16)30(28,29)26(14-17-5-3-2-4-6-17)15-22(27)25-20-12-18(23)11-19(24)13-20/h2-13H,14-15H2,1H3,(H,25,27). The molecule has 0 unspecified atom stereocenters. The minimum absolute atomic E-state index is 0.0563. The topological polar surface area (TPSA) is 66.5 Å². The van der Waals surface area contributed by atoms with Crippen molar-refractivity contribution in [2.24, 2.45) is 0 Å². The Balaban J connectivity index is 1.87. The first-order chi connectivity index (χ1) is 14.2. The van der Waals surface area contributed by atoms with Crippen LogP contribution in [0.4, 0.5) is 5.69 Å². The van der Waals surface area contributed by atoms with Crippen molar-refractivity contribution in [3.05, 3.63) is 94.0 Å². The average Bonchev–Trinajstić information content (AvgIpc) is 2.68. The van der Waals surface area contributed by atoms with Crippen molar-refractivity contribution in [3.8, 4) is 0 Å². The third kappa shape index (κ3) is 5.83. The molecule has 156 valence electrons. The Kier molecular flexibility index (Phi) is 7.15. The number of sulfonamides is 1. The van der Waals surface area contributed by atoms with Crippen LogP contribution in [0.2, 0.25) is 10.0 Å². The summed E-state index contributed by atoms with van der Waals surface area (Å²) in [5.74, 6) is -0.500. The number of nitrogens with zero attached hydrogens (tertiary/aromatic N) is 1. The fraction of sp³-hybridized carbons (Fsp3) is 0.136. The molecular weight excluding hydrogens is 443 g/mol. The number of aryl methyl sites for hydroxylation is 1. The van der Waals surface area contributed by atoms with Gasteiger partial charge >= 0.3 is 0 Å². The predicted molar refractivity (Wildman–Crippen MR) is 120 cm³/mol. The van der Waals surface area contributed by atoms with Crippen LogP contribution in [0.25, 0.3) is 0 Å². The molecule has 1 amide bonds. The highest BCUT2D eigenvalue weighted by atomic mass is 35.5. The lowest BCUT2D eigenvalue weighted by Crippen LogP contribution is -2.37. The van der Waals surface area contributed by atoms with Crippen LogP contribution in [0.15, 0.2) is 77.7 Å². The summed E-state index contributed by atoms with van der Waals surface area (Å²) in [5, 5.41) is 3.39. The van der Waals surface area contributed by atoms with Gasteiger partial charge in [-0.3, -0.25) is 4.79 Å². The summed E-state index contributed by atoms with van der Waals surface area (Å²) >= 11 is 11.9. The van der Waals surface area contributed by atoms with E-state index in [0.29, 0.717) is 15.7 Å². The van der Waals surface area contributed by atoms with Gasteiger partial charge in [-0.05, 0) is 42.8 Å². The molecule has 5 nitrogen and oxygen atoms in total. The number of anilines is 1. The van der Waals surface area contributed by atoms with Crippen LogP contribution in [-0.2, 0) is 21.4 Å². The first-order valence-electron chi connectivity index (χ1n) is 9.11. The highest BCUT2D eigenvalue weighted by molar-refractivity contribution is 7.89. The summed E-state index contributed by atoms with van der Waals surface area (Å²) in [4.78, 5) is 12.8. The van der Waals surface area contributed by atoms with Gasteiger partial charge in [-0.15, -0.1) is 0 Å². The van der Waals surface area contributed by atoms with Gasteiger partial charge in [0.05, 0.1) is 11.4 Å². The quantitative estimate of drug-likeness (QED) is 0.528. The van der Waals surface area contributed by atoms with Crippen molar-refractivity contribution in [1.29, 1.82) is 0 Å². The third-order valence-electron chi connectivity index (χ3n) is 4.33. The molecule has 0 aliphatic carbocycles. The number of rotatable bonds is 7. The molecule has 0 aromatic heterocycles. The Morgan fingerprint density at radius 2 is 1.53 bits per heavy atom. The van der Waals surface area contributed by atoms with Gasteiger partial charge in [0.25, 0.3) is 0 Å². The highest BCUT2D eigenvalue weighted by Gasteiger charge is 2.27. The Bertz CT molecular complexity index is 1110. The van der Waals surface area contributed by atoms with Crippen molar-refractivity contribution < 1.29 is 13.2 Å². The van der Waals surface area contributed by atoms with Crippen LogP contribution in [0, 0.1) is 6.92 Å². The van der Waals surface area contributed by atoms with E-state index in [9.17, 15) is 13.2 Å². The molecular formula is C22H20Cl2N2O3S. The van der Waals surface area contributed by atoms with E-state index < -0.39 is 15.9 Å². The number of hydrogen-bond donors (Lipinski definition) is 1. The zero-order valence-corrected chi connectivity index (χ0v) is 18.5. The highest BCUT2D eigenvalue weighted by Crippen LogP contribution is 2.23. The molecule has 0 saturated heterocycles. The fourth-order valence-electron chi connectivity index (χ4n) is 2.86. The van der Waals surface area contributed by atoms with Crippen LogP contribution in [0.3, 0.4) is 0 Å². The summed E-state index contributed by atoms with van der Waals surface area (Å²) in [6.07, 6.45) is 0. The second kappa shape index (κ2) is 9.62. The molecule has 0 aliphatic heterocycles. The van der Waals surface area contributed by atoms with Gasteiger partial charge in [0, 0.05) is 22.3 Å². The fourth-order valence-corrected chi connectivity index (χ4v) is 4.77. The number of benzene rings is 3. The third-order valence-corrected chi connectivity index (χ3v) is 6.57. The Morgan fingerprint density at radius 3 is 2.13 bits per heavy atom. The smallest absolute Gasteiger partial charge is 0.243 e. The zero-order chi connectivity index (χ0) is 21.7. The summed E-state index contributed by atoms with van der Waals surface area (Å²) in [7, 11) is -3.90. The minimum Gasteiger partial charge on any atom is -0.325 e. The molecule has 0 heterocycles. The summed E-state index contributed by atoms with van der Waals surface area (Å²) < 4.78 is 27.6. The summed E-state index contributed by atoms with van der Waals surface area (Å²) in [5.41, 5.74) is 2.11. The van der Waals surface area contributed by atoms with E-state index in [1.165, 1.54) is 12.1 Å². The van der Waals surface area contributed by atoms with E-state index >= 15 is 0 Å². The first-order valence-corrected chi connectivity index (χ1v) is 11.3. The number of halogens is 2. The second-order valence-electron chi connectivity index (χ2n) is 6.78. The maximum Gasteiger partial charge on any atom is 0.243 e. The van der Waals surface area contributed by atoms with Crippen molar-refractivity contribution >= 4 is 44.8 Å². The van der Waals surface area contributed by atoms with Crippen LogP contribution < -0.4 is 5.32 Å². The van der Waals surface area contributed by atoms with Gasteiger partial charge in [0.2, 0.25) is 15.9 Å². The van der Waals surface area contributed by atoms with Gasteiger partial charge in [-0.1, -0.05) is 71.2 Å². The summed E-state index contributed by atoms with van der Waals surface area (Å²) in [6, 6.07) is 20.3. The molecule has 0 bridgehead atoms. The van der Waals surface area contributed by atoms with E-state index in [0.717, 1.165) is 15.4 Å². The lowest BCUT2D eigenvalue weighted by Gasteiger charge is -2.22. The van der Waals surface area contributed by atoms with E-state index in [1.807, 2.05) is 37.3 Å². The lowest BCUT2D eigenvalue weighted by molar-refractivity contribution is -0.116. The molecule has 30 heavy (non-hydrogen) atoms. The Labute approximate surface area is 186 Å². The Morgan fingerprint density at radius 1 is 0.933 bits per heavy atom. The maximum absolute atomic E-state index is 13.2.